The number of carbonyl (C=O) groups excluding carboxylic acids is 1. The summed E-state index contributed by atoms with van der Waals surface area (Å²) >= 11 is 9.87. The molecule has 166 valence electrons. The first-order valence-electron chi connectivity index (χ1n) is 10.1. The van der Waals surface area contributed by atoms with Gasteiger partial charge in [0.05, 0.1) is 17.2 Å². The molecule has 1 aliphatic rings. The second kappa shape index (κ2) is 10.5. The number of nitrogens with zero attached hydrogens (tertiary/aromatic N) is 1. The summed E-state index contributed by atoms with van der Waals surface area (Å²) in [6.07, 6.45) is 0.148. The van der Waals surface area contributed by atoms with Crippen LogP contribution in [0.15, 0.2) is 69.9 Å². The van der Waals surface area contributed by atoms with E-state index in [4.69, 9.17) is 21.1 Å². The van der Waals surface area contributed by atoms with Gasteiger partial charge in [0.1, 0.15) is 0 Å². The van der Waals surface area contributed by atoms with E-state index in [0.717, 1.165) is 10.0 Å². The Morgan fingerprint density at radius 3 is 2.44 bits per heavy atom. The number of carboxylic acid groups (broad SMARTS) is 1. The molecule has 5 rings (SSSR count). The van der Waals surface area contributed by atoms with Crippen molar-refractivity contribution in [1.29, 1.82) is 0 Å². The Kier molecular flexibility index (Phi) is 7.88. The number of fused-ring (bicyclic) bond motifs is 2. The van der Waals surface area contributed by atoms with Crippen molar-refractivity contribution in [3.8, 4) is 11.5 Å². The first-order valence-corrected chi connectivity index (χ1v) is 11.3. The minimum Gasteiger partial charge on any atom is -0.543 e. The van der Waals surface area contributed by atoms with Gasteiger partial charge in [-0.05, 0) is 41.5 Å². The van der Waals surface area contributed by atoms with E-state index in [0.29, 0.717) is 33.0 Å². The predicted octanol–water partition coefficient (Wildman–Crippen LogP) is 1.15. The molecule has 0 unspecified atom stereocenters. The molecular formula is C25H16BrClKNO5. The van der Waals surface area contributed by atoms with E-state index in [1.54, 1.807) is 41.0 Å². The van der Waals surface area contributed by atoms with E-state index >= 15 is 0 Å². The van der Waals surface area contributed by atoms with Crippen LogP contribution in [0.2, 0.25) is 5.02 Å². The van der Waals surface area contributed by atoms with Crippen LogP contribution < -0.4 is 71.4 Å². The smallest absolute Gasteiger partial charge is 0.543 e. The number of halogens is 2. The number of pyridine rings is 1. The fourth-order valence-electron chi connectivity index (χ4n) is 4.07. The number of carboxylic acids is 1. The molecule has 0 aliphatic carbocycles. The maximum atomic E-state index is 13.4. The fourth-order valence-corrected chi connectivity index (χ4v) is 4.55. The van der Waals surface area contributed by atoms with E-state index in [1.165, 1.54) is 0 Å². The number of ether oxygens (including phenoxy) is 2. The molecular weight excluding hydrogens is 549 g/mol. The molecule has 0 amide bonds. The molecule has 0 bridgehead atoms. The summed E-state index contributed by atoms with van der Waals surface area (Å²) in [4.78, 5) is 25.8. The van der Waals surface area contributed by atoms with Gasteiger partial charge in [-0.2, -0.15) is 0 Å². The van der Waals surface area contributed by atoms with E-state index < -0.39 is 5.97 Å². The molecule has 3 aromatic carbocycles. The molecule has 0 fully saturated rings. The van der Waals surface area contributed by atoms with Gasteiger partial charge in [0.2, 0.25) is 6.79 Å². The van der Waals surface area contributed by atoms with Crippen molar-refractivity contribution < 1.29 is 70.8 Å². The van der Waals surface area contributed by atoms with Gasteiger partial charge in [0.25, 0.3) is 0 Å². The van der Waals surface area contributed by atoms with Crippen LogP contribution in [0.5, 0.6) is 11.5 Å². The molecule has 4 aromatic rings. The van der Waals surface area contributed by atoms with Crippen molar-refractivity contribution in [3.05, 3.63) is 103 Å². The van der Waals surface area contributed by atoms with Gasteiger partial charge in [0.15, 0.2) is 16.9 Å². The van der Waals surface area contributed by atoms with Gasteiger partial charge in [-0.1, -0.05) is 51.8 Å². The fraction of sp³-hybridized carbons (Fsp3) is 0.120. The van der Waals surface area contributed by atoms with Crippen molar-refractivity contribution >= 4 is 44.4 Å². The molecule has 6 nitrogen and oxygen atoms in total. The Morgan fingerprint density at radius 2 is 1.74 bits per heavy atom. The van der Waals surface area contributed by atoms with Crippen LogP contribution in [-0.4, -0.2) is 17.3 Å². The van der Waals surface area contributed by atoms with Gasteiger partial charge in [-0.3, -0.25) is 4.79 Å². The summed E-state index contributed by atoms with van der Waals surface area (Å²) in [6, 6.07) is 17.7. The molecule has 0 atom stereocenters. The molecule has 1 aliphatic heterocycles. The van der Waals surface area contributed by atoms with Crippen LogP contribution in [-0.2, 0) is 13.0 Å². The van der Waals surface area contributed by atoms with Gasteiger partial charge < -0.3 is 23.9 Å². The van der Waals surface area contributed by atoms with Crippen LogP contribution in [0, 0.1) is 0 Å². The van der Waals surface area contributed by atoms with Crippen molar-refractivity contribution in [2.45, 2.75) is 13.0 Å². The molecule has 34 heavy (non-hydrogen) atoms. The minimum atomic E-state index is -1.43. The number of benzene rings is 3. The Bertz CT molecular complexity index is 1470. The van der Waals surface area contributed by atoms with E-state index in [9.17, 15) is 14.7 Å². The van der Waals surface area contributed by atoms with Crippen LogP contribution in [0.1, 0.15) is 27.2 Å². The third kappa shape index (κ3) is 4.86. The minimum absolute atomic E-state index is 0. The van der Waals surface area contributed by atoms with Gasteiger partial charge >= 0.3 is 51.4 Å². The average molecular weight is 565 g/mol. The van der Waals surface area contributed by atoms with Crippen molar-refractivity contribution in [3.63, 3.8) is 0 Å². The molecule has 2 heterocycles. The van der Waals surface area contributed by atoms with Gasteiger partial charge in [-0.25, -0.2) is 0 Å². The molecule has 1 aromatic heterocycles. The Hall–Kier alpha value is -1.65. The first kappa shape index (κ1) is 25.4. The largest absolute Gasteiger partial charge is 1.00 e. The van der Waals surface area contributed by atoms with Crippen LogP contribution in [0.25, 0.3) is 10.9 Å². The number of para-hydroxylation sites is 1. The van der Waals surface area contributed by atoms with Gasteiger partial charge in [0, 0.05) is 39.5 Å². The zero-order valence-corrected chi connectivity index (χ0v) is 23.6. The monoisotopic (exact) mass is 563 g/mol. The summed E-state index contributed by atoms with van der Waals surface area (Å²) in [7, 11) is 0. The number of aromatic carboxylic acids is 1. The number of hydrogen-bond acceptors (Lipinski definition) is 5. The standard InChI is InChI=1S/C25H17BrClNO5.K/c26-16-7-5-14(6-8-16)9-18-23(25(30)31)28(20-4-2-1-3-17(20)24(18)29)12-15-10-21-22(11-19(15)27)33-13-32-21;/h1-8,10-11H,9,12-13H2,(H,30,31);/q;+1/p-1. The number of aromatic nitrogens is 1. The van der Waals surface area contributed by atoms with Crippen molar-refractivity contribution in [2.24, 2.45) is 0 Å². The molecule has 0 spiro atoms. The van der Waals surface area contributed by atoms with Crippen LogP contribution in [0.4, 0.5) is 0 Å². The Labute approximate surface area is 251 Å². The second-order valence-corrected chi connectivity index (χ2v) is 8.97. The summed E-state index contributed by atoms with van der Waals surface area (Å²) < 4.78 is 13.3. The average Bonchev–Trinajstić information content (AvgIpc) is 3.25. The summed E-state index contributed by atoms with van der Waals surface area (Å²) in [6.45, 7) is 0.199. The summed E-state index contributed by atoms with van der Waals surface area (Å²) in [5, 5.41) is 13.2. The maximum Gasteiger partial charge on any atom is 1.00 e. The van der Waals surface area contributed by atoms with Crippen LogP contribution in [0.3, 0.4) is 0 Å². The third-order valence-electron chi connectivity index (χ3n) is 5.63. The molecule has 0 saturated carbocycles. The molecule has 0 N–H and O–H groups in total. The number of carbonyl (C=O) groups is 1. The predicted molar refractivity (Wildman–Crippen MR) is 126 cm³/mol. The van der Waals surface area contributed by atoms with Crippen LogP contribution >= 0.6 is 27.5 Å². The zero-order valence-electron chi connectivity index (χ0n) is 18.1. The SMILES string of the molecule is O=C([O-])c1c(Cc2ccc(Br)cc2)c(=O)c2ccccc2n1Cc1cc2c(cc1Cl)OCO2.[K+]. The van der Waals surface area contributed by atoms with E-state index in [1.807, 2.05) is 24.3 Å². The number of rotatable bonds is 5. The van der Waals surface area contributed by atoms with E-state index in [-0.39, 0.29) is 87.8 Å². The topological polar surface area (TPSA) is 80.6 Å². The zero-order chi connectivity index (χ0) is 23.1. The molecule has 0 saturated heterocycles. The van der Waals surface area contributed by atoms with Crippen molar-refractivity contribution in [2.75, 3.05) is 6.79 Å². The van der Waals surface area contributed by atoms with Gasteiger partial charge in [-0.15, -0.1) is 0 Å². The molecule has 0 radical (unpaired) electrons. The second-order valence-electron chi connectivity index (χ2n) is 7.65. The van der Waals surface area contributed by atoms with E-state index in [2.05, 4.69) is 15.9 Å². The number of hydrogen-bond donors (Lipinski definition) is 0. The first-order chi connectivity index (χ1) is 15.9. The summed E-state index contributed by atoms with van der Waals surface area (Å²) in [5.74, 6) is -0.365. The summed E-state index contributed by atoms with van der Waals surface area (Å²) in [5.41, 5.74) is 1.58. The molecule has 9 heteroatoms. The quantitative estimate of drug-likeness (QED) is 0.340. The third-order valence-corrected chi connectivity index (χ3v) is 6.51. The normalized spacial score (nSPS) is 11.9. The Balaban J connectivity index is 0.00000274. The Morgan fingerprint density at radius 1 is 1.06 bits per heavy atom. The maximum absolute atomic E-state index is 13.4. The van der Waals surface area contributed by atoms with Crippen molar-refractivity contribution in [1.82, 2.24) is 4.57 Å².